The maximum Gasteiger partial charge on any atom is 0.118 e. The van der Waals surface area contributed by atoms with Crippen molar-refractivity contribution >= 4 is 11.6 Å². The van der Waals surface area contributed by atoms with E-state index in [0.29, 0.717) is 6.04 Å². The zero-order valence-electron chi connectivity index (χ0n) is 14.6. The van der Waals surface area contributed by atoms with Crippen LogP contribution in [0.4, 0.5) is 0 Å². The number of nitrogens with zero attached hydrogens (tertiary/aromatic N) is 1. The molecule has 0 saturated carbocycles. The van der Waals surface area contributed by atoms with Crippen LogP contribution in [-0.4, -0.2) is 44.9 Å². The highest BCUT2D eigenvalue weighted by Crippen LogP contribution is 2.23. The van der Waals surface area contributed by atoms with E-state index in [-0.39, 0.29) is 0 Å². The van der Waals surface area contributed by atoms with E-state index in [9.17, 15) is 0 Å². The molecule has 0 amide bonds. The minimum absolute atomic E-state index is 0.319. The molecule has 0 radical (unpaired) electrons. The standard InChI is InChI=1S/C20H25ClN2O2/c1-24-19-8-2-16(3-9-19)14-22-15-20(23-10-12-25-13-11-23)17-4-6-18(21)7-5-17/h2-9,20,22H,10-15H2,1H3. The molecule has 3 rings (SSSR count). The summed E-state index contributed by atoms with van der Waals surface area (Å²) in [5, 5.41) is 4.37. The summed E-state index contributed by atoms with van der Waals surface area (Å²) in [7, 11) is 1.69. The smallest absolute Gasteiger partial charge is 0.118 e. The largest absolute Gasteiger partial charge is 0.497 e. The lowest BCUT2D eigenvalue weighted by Gasteiger charge is -2.35. The topological polar surface area (TPSA) is 33.7 Å². The molecule has 1 aliphatic rings. The normalized spacial score (nSPS) is 16.6. The van der Waals surface area contributed by atoms with Crippen LogP contribution in [0.5, 0.6) is 5.75 Å². The van der Waals surface area contributed by atoms with Gasteiger partial charge in [-0.15, -0.1) is 0 Å². The van der Waals surface area contributed by atoms with Crippen molar-refractivity contribution in [1.29, 1.82) is 0 Å². The Morgan fingerprint density at radius 2 is 1.76 bits per heavy atom. The van der Waals surface area contributed by atoms with Gasteiger partial charge in [0.25, 0.3) is 0 Å². The summed E-state index contributed by atoms with van der Waals surface area (Å²) in [4.78, 5) is 2.48. The van der Waals surface area contributed by atoms with Crippen molar-refractivity contribution in [2.75, 3.05) is 40.0 Å². The Labute approximate surface area is 154 Å². The van der Waals surface area contributed by atoms with Gasteiger partial charge in [-0.3, -0.25) is 4.90 Å². The van der Waals surface area contributed by atoms with E-state index in [4.69, 9.17) is 21.1 Å². The lowest BCUT2D eigenvalue weighted by atomic mass is 10.0. The van der Waals surface area contributed by atoms with Crippen molar-refractivity contribution in [3.8, 4) is 5.75 Å². The number of hydrogen-bond acceptors (Lipinski definition) is 4. The first-order valence-corrected chi connectivity index (χ1v) is 9.05. The van der Waals surface area contributed by atoms with E-state index >= 15 is 0 Å². The summed E-state index contributed by atoms with van der Waals surface area (Å²) in [6.45, 7) is 5.21. The Kier molecular flexibility index (Phi) is 6.70. The van der Waals surface area contributed by atoms with Crippen LogP contribution in [0.15, 0.2) is 48.5 Å². The second kappa shape index (κ2) is 9.20. The minimum atomic E-state index is 0.319. The van der Waals surface area contributed by atoms with Gasteiger partial charge in [-0.1, -0.05) is 35.9 Å². The summed E-state index contributed by atoms with van der Waals surface area (Å²) in [5.74, 6) is 0.885. The minimum Gasteiger partial charge on any atom is -0.497 e. The van der Waals surface area contributed by atoms with E-state index < -0.39 is 0 Å². The Morgan fingerprint density at radius 3 is 2.40 bits per heavy atom. The van der Waals surface area contributed by atoms with Crippen molar-refractivity contribution < 1.29 is 9.47 Å². The lowest BCUT2D eigenvalue weighted by Crippen LogP contribution is -2.42. The van der Waals surface area contributed by atoms with Crippen LogP contribution < -0.4 is 10.1 Å². The average molecular weight is 361 g/mol. The fraction of sp³-hybridized carbons (Fsp3) is 0.400. The van der Waals surface area contributed by atoms with Crippen LogP contribution in [0.1, 0.15) is 17.2 Å². The van der Waals surface area contributed by atoms with Crippen LogP contribution in [0.25, 0.3) is 0 Å². The third-order valence-corrected chi connectivity index (χ3v) is 4.82. The van der Waals surface area contributed by atoms with Crippen molar-refractivity contribution in [1.82, 2.24) is 10.2 Å². The predicted molar refractivity (Wildman–Crippen MR) is 101 cm³/mol. The highest BCUT2D eigenvalue weighted by Gasteiger charge is 2.22. The molecule has 5 heteroatoms. The first-order chi connectivity index (χ1) is 12.3. The zero-order chi connectivity index (χ0) is 17.5. The number of nitrogens with one attached hydrogen (secondary N) is 1. The van der Waals surface area contributed by atoms with Crippen molar-refractivity contribution in [2.45, 2.75) is 12.6 Å². The van der Waals surface area contributed by atoms with Crippen LogP contribution in [-0.2, 0) is 11.3 Å². The summed E-state index contributed by atoms with van der Waals surface area (Å²) in [6, 6.07) is 16.7. The van der Waals surface area contributed by atoms with E-state index in [1.165, 1.54) is 11.1 Å². The molecule has 25 heavy (non-hydrogen) atoms. The Balaban J connectivity index is 1.63. The number of hydrogen-bond donors (Lipinski definition) is 1. The molecule has 0 aromatic heterocycles. The first-order valence-electron chi connectivity index (χ1n) is 8.67. The maximum atomic E-state index is 6.05. The molecule has 0 aliphatic carbocycles. The number of ether oxygens (including phenoxy) is 2. The summed E-state index contributed by atoms with van der Waals surface area (Å²) in [6.07, 6.45) is 0. The number of benzene rings is 2. The summed E-state index contributed by atoms with van der Waals surface area (Å²) in [5.41, 5.74) is 2.53. The van der Waals surface area contributed by atoms with Crippen LogP contribution >= 0.6 is 11.6 Å². The van der Waals surface area contributed by atoms with Crippen LogP contribution in [0.3, 0.4) is 0 Å². The molecule has 1 aliphatic heterocycles. The van der Waals surface area contributed by atoms with Gasteiger partial charge in [0.2, 0.25) is 0 Å². The Morgan fingerprint density at radius 1 is 1.08 bits per heavy atom. The maximum absolute atomic E-state index is 6.05. The second-order valence-electron chi connectivity index (χ2n) is 6.19. The number of halogens is 1. The van der Waals surface area contributed by atoms with Gasteiger partial charge in [0.15, 0.2) is 0 Å². The Bertz CT molecular complexity index is 640. The van der Waals surface area contributed by atoms with Gasteiger partial charge in [-0.25, -0.2) is 0 Å². The molecule has 1 unspecified atom stereocenters. The summed E-state index contributed by atoms with van der Waals surface area (Å²) >= 11 is 6.05. The highest BCUT2D eigenvalue weighted by molar-refractivity contribution is 6.30. The molecular weight excluding hydrogens is 336 g/mol. The third kappa shape index (κ3) is 5.19. The SMILES string of the molecule is COc1ccc(CNCC(c2ccc(Cl)cc2)N2CCOCC2)cc1. The number of rotatable bonds is 7. The van der Waals surface area contributed by atoms with Gasteiger partial charge in [-0.2, -0.15) is 0 Å². The number of methoxy groups -OCH3 is 1. The van der Waals surface area contributed by atoms with Crippen molar-refractivity contribution in [2.24, 2.45) is 0 Å². The van der Waals surface area contributed by atoms with Gasteiger partial charge in [0.05, 0.1) is 20.3 Å². The lowest BCUT2D eigenvalue weighted by molar-refractivity contribution is 0.0161. The van der Waals surface area contributed by atoms with Gasteiger partial charge in [0, 0.05) is 37.2 Å². The average Bonchev–Trinajstić information content (AvgIpc) is 2.67. The molecule has 1 fully saturated rings. The molecule has 1 atom stereocenters. The molecule has 1 heterocycles. The van der Waals surface area contributed by atoms with E-state index in [1.54, 1.807) is 7.11 Å². The fourth-order valence-corrected chi connectivity index (χ4v) is 3.25. The molecule has 4 nitrogen and oxygen atoms in total. The molecule has 2 aromatic rings. The monoisotopic (exact) mass is 360 g/mol. The van der Waals surface area contributed by atoms with Crippen LogP contribution in [0.2, 0.25) is 5.02 Å². The molecule has 0 bridgehead atoms. The van der Waals surface area contributed by atoms with Crippen LogP contribution in [0, 0.1) is 0 Å². The fourth-order valence-electron chi connectivity index (χ4n) is 3.13. The molecule has 1 saturated heterocycles. The second-order valence-corrected chi connectivity index (χ2v) is 6.63. The van der Waals surface area contributed by atoms with E-state index in [1.807, 2.05) is 24.3 Å². The summed E-state index contributed by atoms with van der Waals surface area (Å²) < 4.78 is 10.7. The molecule has 134 valence electrons. The molecular formula is C20H25ClN2O2. The molecule has 0 spiro atoms. The van der Waals surface area contributed by atoms with Gasteiger partial charge in [0.1, 0.15) is 5.75 Å². The van der Waals surface area contributed by atoms with Gasteiger partial charge >= 0.3 is 0 Å². The van der Waals surface area contributed by atoms with Gasteiger partial charge < -0.3 is 14.8 Å². The predicted octanol–water partition coefficient (Wildman–Crippen LogP) is 3.51. The molecule has 1 N–H and O–H groups in total. The highest BCUT2D eigenvalue weighted by atomic mass is 35.5. The van der Waals surface area contributed by atoms with E-state index in [0.717, 1.165) is 50.2 Å². The van der Waals surface area contributed by atoms with Crippen molar-refractivity contribution in [3.63, 3.8) is 0 Å². The first kappa shape index (κ1) is 18.2. The Hall–Kier alpha value is -1.59. The van der Waals surface area contributed by atoms with Gasteiger partial charge in [-0.05, 0) is 35.4 Å². The molecule has 2 aromatic carbocycles. The number of morpholine rings is 1. The quantitative estimate of drug-likeness (QED) is 0.819. The van der Waals surface area contributed by atoms with E-state index in [2.05, 4.69) is 34.5 Å². The van der Waals surface area contributed by atoms with Crippen molar-refractivity contribution in [3.05, 3.63) is 64.7 Å². The zero-order valence-corrected chi connectivity index (χ0v) is 15.3. The third-order valence-electron chi connectivity index (χ3n) is 4.57.